The predicted octanol–water partition coefficient (Wildman–Crippen LogP) is 1.46. The zero-order valence-electron chi connectivity index (χ0n) is 10.4. The van der Waals surface area contributed by atoms with Crippen molar-refractivity contribution >= 4 is 11.9 Å². The SMILES string of the molecule is NC(=O)c1cccc(OCc2ccc(C(=O)O)cn2)c1. The maximum atomic E-state index is 11.0. The van der Waals surface area contributed by atoms with Crippen LogP contribution in [0.3, 0.4) is 0 Å². The Morgan fingerprint density at radius 2 is 2.00 bits per heavy atom. The molecule has 0 unspecified atom stereocenters. The van der Waals surface area contributed by atoms with Gasteiger partial charge in [-0.1, -0.05) is 6.07 Å². The molecule has 2 rings (SSSR count). The Labute approximate surface area is 114 Å². The third kappa shape index (κ3) is 3.32. The number of hydrogen-bond donors (Lipinski definition) is 2. The second-order valence-corrected chi connectivity index (χ2v) is 4.02. The van der Waals surface area contributed by atoms with E-state index in [9.17, 15) is 9.59 Å². The number of aromatic nitrogens is 1. The predicted molar refractivity (Wildman–Crippen MR) is 70.5 cm³/mol. The van der Waals surface area contributed by atoms with E-state index in [1.54, 1.807) is 24.3 Å². The summed E-state index contributed by atoms with van der Waals surface area (Å²) in [5.74, 6) is -1.07. The number of nitrogens with two attached hydrogens (primary N) is 1. The summed E-state index contributed by atoms with van der Waals surface area (Å²) in [6.07, 6.45) is 1.26. The van der Waals surface area contributed by atoms with Crippen LogP contribution in [0.5, 0.6) is 5.75 Å². The van der Waals surface area contributed by atoms with Gasteiger partial charge in [0.25, 0.3) is 0 Å². The van der Waals surface area contributed by atoms with Crippen molar-refractivity contribution in [3.05, 3.63) is 59.4 Å². The number of carbonyl (C=O) groups is 2. The van der Waals surface area contributed by atoms with E-state index in [2.05, 4.69) is 4.98 Å². The maximum Gasteiger partial charge on any atom is 0.337 e. The van der Waals surface area contributed by atoms with Gasteiger partial charge in [0.1, 0.15) is 12.4 Å². The fourth-order valence-electron chi connectivity index (χ4n) is 1.53. The molecule has 6 nitrogen and oxygen atoms in total. The molecule has 0 aliphatic carbocycles. The molecule has 1 aromatic heterocycles. The molecule has 0 spiro atoms. The molecule has 1 amide bonds. The highest BCUT2D eigenvalue weighted by molar-refractivity contribution is 5.93. The fourth-order valence-corrected chi connectivity index (χ4v) is 1.53. The van der Waals surface area contributed by atoms with Crippen molar-refractivity contribution in [2.75, 3.05) is 0 Å². The number of benzene rings is 1. The highest BCUT2D eigenvalue weighted by Crippen LogP contribution is 2.14. The lowest BCUT2D eigenvalue weighted by atomic mass is 10.2. The summed E-state index contributed by atoms with van der Waals surface area (Å²) < 4.78 is 5.47. The smallest absolute Gasteiger partial charge is 0.337 e. The van der Waals surface area contributed by atoms with Crippen molar-refractivity contribution in [1.29, 1.82) is 0 Å². The van der Waals surface area contributed by atoms with Gasteiger partial charge in [-0.05, 0) is 30.3 Å². The molecule has 1 heterocycles. The highest BCUT2D eigenvalue weighted by Gasteiger charge is 2.05. The van der Waals surface area contributed by atoms with Gasteiger partial charge in [0.15, 0.2) is 0 Å². The van der Waals surface area contributed by atoms with E-state index in [1.165, 1.54) is 18.3 Å². The van der Waals surface area contributed by atoms with Crippen LogP contribution in [-0.4, -0.2) is 22.0 Å². The van der Waals surface area contributed by atoms with E-state index >= 15 is 0 Å². The summed E-state index contributed by atoms with van der Waals surface area (Å²) in [6.45, 7) is 0.169. The van der Waals surface area contributed by atoms with Gasteiger partial charge in [0.2, 0.25) is 5.91 Å². The lowest BCUT2D eigenvalue weighted by Crippen LogP contribution is -2.10. The number of nitrogens with zero attached hydrogens (tertiary/aromatic N) is 1. The standard InChI is InChI=1S/C14H12N2O4/c15-13(17)9-2-1-3-12(6-9)20-8-11-5-4-10(7-16-11)14(18)19/h1-7H,8H2,(H2,15,17)(H,18,19). The number of primary amides is 1. The number of carboxylic acids is 1. The summed E-state index contributed by atoms with van der Waals surface area (Å²) in [4.78, 5) is 25.7. The molecule has 2 aromatic rings. The number of carboxylic acid groups (broad SMARTS) is 1. The number of hydrogen-bond acceptors (Lipinski definition) is 4. The average molecular weight is 272 g/mol. The quantitative estimate of drug-likeness (QED) is 0.857. The van der Waals surface area contributed by atoms with Gasteiger partial charge in [-0.3, -0.25) is 9.78 Å². The zero-order chi connectivity index (χ0) is 14.5. The van der Waals surface area contributed by atoms with Crippen LogP contribution in [0, 0.1) is 0 Å². The van der Waals surface area contributed by atoms with Crippen molar-refractivity contribution in [2.45, 2.75) is 6.61 Å². The molecule has 0 aliphatic heterocycles. The van der Waals surface area contributed by atoms with Gasteiger partial charge in [-0.2, -0.15) is 0 Å². The summed E-state index contributed by atoms with van der Waals surface area (Å²) in [5.41, 5.74) is 6.23. The Balaban J connectivity index is 2.03. The second kappa shape index (κ2) is 5.83. The first-order valence-corrected chi connectivity index (χ1v) is 5.77. The summed E-state index contributed by atoms with van der Waals surface area (Å²) in [5, 5.41) is 8.75. The molecule has 0 saturated carbocycles. The van der Waals surface area contributed by atoms with Gasteiger partial charge >= 0.3 is 5.97 Å². The first-order chi connectivity index (χ1) is 9.56. The number of rotatable bonds is 5. The van der Waals surface area contributed by atoms with Gasteiger partial charge in [-0.15, -0.1) is 0 Å². The van der Waals surface area contributed by atoms with Gasteiger partial charge < -0.3 is 15.6 Å². The Kier molecular flexibility index (Phi) is 3.95. The lowest BCUT2D eigenvalue weighted by molar-refractivity contribution is 0.0696. The average Bonchev–Trinajstić information content (AvgIpc) is 2.46. The van der Waals surface area contributed by atoms with E-state index in [-0.39, 0.29) is 12.2 Å². The summed E-state index contributed by atoms with van der Waals surface area (Å²) >= 11 is 0. The molecule has 102 valence electrons. The van der Waals surface area contributed by atoms with Crippen LogP contribution in [0.25, 0.3) is 0 Å². The van der Waals surface area contributed by atoms with Crippen LogP contribution < -0.4 is 10.5 Å². The number of amides is 1. The van der Waals surface area contributed by atoms with Crippen LogP contribution in [0.4, 0.5) is 0 Å². The van der Waals surface area contributed by atoms with E-state index < -0.39 is 11.9 Å². The van der Waals surface area contributed by atoms with Crippen molar-refractivity contribution in [2.24, 2.45) is 5.73 Å². The first kappa shape index (κ1) is 13.5. The van der Waals surface area contributed by atoms with Crippen molar-refractivity contribution < 1.29 is 19.4 Å². The monoisotopic (exact) mass is 272 g/mol. The van der Waals surface area contributed by atoms with Crippen molar-refractivity contribution in [3.8, 4) is 5.75 Å². The fraction of sp³-hybridized carbons (Fsp3) is 0.0714. The summed E-state index contributed by atoms with van der Waals surface area (Å²) in [7, 11) is 0. The number of ether oxygens (including phenoxy) is 1. The molecule has 3 N–H and O–H groups in total. The molecular weight excluding hydrogens is 260 g/mol. The van der Waals surface area contributed by atoms with Crippen LogP contribution in [0.2, 0.25) is 0 Å². The number of aromatic carboxylic acids is 1. The third-order valence-corrected chi connectivity index (χ3v) is 2.58. The van der Waals surface area contributed by atoms with Crippen LogP contribution in [-0.2, 0) is 6.61 Å². The first-order valence-electron chi connectivity index (χ1n) is 5.77. The molecule has 0 bridgehead atoms. The Bertz CT molecular complexity index is 638. The Morgan fingerprint density at radius 3 is 2.60 bits per heavy atom. The van der Waals surface area contributed by atoms with E-state index in [1.807, 2.05) is 0 Å². The molecular formula is C14H12N2O4. The molecule has 0 saturated heterocycles. The normalized spacial score (nSPS) is 10.0. The second-order valence-electron chi connectivity index (χ2n) is 4.02. The topological polar surface area (TPSA) is 103 Å². The van der Waals surface area contributed by atoms with Crippen molar-refractivity contribution in [1.82, 2.24) is 4.98 Å². The molecule has 0 fully saturated rings. The van der Waals surface area contributed by atoms with Gasteiger partial charge in [0.05, 0.1) is 11.3 Å². The number of pyridine rings is 1. The molecule has 0 radical (unpaired) electrons. The van der Waals surface area contributed by atoms with Crippen LogP contribution in [0.1, 0.15) is 26.4 Å². The lowest BCUT2D eigenvalue weighted by Gasteiger charge is -2.06. The Morgan fingerprint density at radius 1 is 1.20 bits per heavy atom. The molecule has 6 heteroatoms. The van der Waals surface area contributed by atoms with Gasteiger partial charge in [-0.25, -0.2) is 4.79 Å². The molecule has 0 aliphatic rings. The molecule has 20 heavy (non-hydrogen) atoms. The minimum Gasteiger partial charge on any atom is -0.487 e. The van der Waals surface area contributed by atoms with E-state index in [0.717, 1.165) is 0 Å². The largest absolute Gasteiger partial charge is 0.487 e. The Hall–Kier alpha value is -2.89. The van der Waals surface area contributed by atoms with Gasteiger partial charge in [0, 0.05) is 11.8 Å². The zero-order valence-corrected chi connectivity index (χ0v) is 10.4. The molecule has 1 aromatic carbocycles. The van der Waals surface area contributed by atoms with E-state index in [4.69, 9.17) is 15.6 Å². The minimum atomic E-state index is -1.03. The summed E-state index contributed by atoms with van der Waals surface area (Å²) in [6, 6.07) is 9.51. The molecule has 0 atom stereocenters. The third-order valence-electron chi connectivity index (χ3n) is 2.58. The minimum absolute atomic E-state index is 0.115. The van der Waals surface area contributed by atoms with Crippen LogP contribution in [0.15, 0.2) is 42.6 Å². The maximum absolute atomic E-state index is 11.0. The number of carbonyl (C=O) groups excluding carboxylic acids is 1. The van der Waals surface area contributed by atoms with Crippen LogP contribution >= 0.6 is 0 Å². The van der Waals surface area contributed by atoms with E-state index in [0.29, 0.717) is 17.0 Å². The highest BCUT2D eigenvalue weighted by atomic mass is 16.5. The van der Waals surface area contributed by atoms with Crippen molar-refractivity contribution in [3.63, 3.8) is 0 Å².